The zero-order valence-electron chi connectivity index (χ0n) is 17.5. The minimum atomic E-state index is 0.726. The van der Waals surface area contributed by atoms with Crippen LogP contribution in [0, 0.1) is 0 Å². The number of fused-ring (bicyclic) bond motifs is 6. The van der Waals surface area contributed by atoms with Crippen molar-refractivity contribution in [1.82, 2.24) is 0 Å². The number of rotatable bonds is 2. The molecule has 0 spiro atoms. The minimum Gasteiger partial charge on any atom is -0.456 e. The molecule has 156 valence electrons. The van der Waals surface area contributed by atoms with E-state index in [1.165, 1.54) is 0 Å². The van der Waals surface area contributed by atoms with Crippen molar-refractivity contribution in [1.29, 1.82) is 0 Å². The van der Waals surface area contributed by atoms with Crippen LogP contribution in [-0.2, 0) is 0 Å². The second-order valence-corrected chi connectivity index (χ2v) is 8.72. The maximum absolute atomic E-state index is 6.46. The highest BCUT2D eigenvalue weighted by molar-refractivity contribution is 6.30. The van der Waals surface area contributed by atoms with Gasteiger partial charge in [-0.1, -0.05) is 72.3 Å². The summed E-state index contributed by atoms with van der Waals surface area (Å²) in [6.45, 7) is 0. The number of halogens is 1. The SMILES string of the molecule is Clc1ccc(-c2ccc(-c3ccc4oc5ccccc5c4c3)c3oc4ccccc4c23)cc1. The first-order chi connectivity index (χ1) is 16.3. The maximum Gasteiger partial charge on any atom is 0.143 e. The quantitative estimate of drug-likeness (QED) is 0.265. The van der Waals surface area contributed by atoms with E-state index in [-0.39, 0.29) is 0 Å². The summed E-state index contributed by atoms with van der Waals surface area (Å²) in [4.78, 5) is 0. The van der Waals surface area contributed by atoms with E-state index < -0.39 is 0 Å². The van der Waals surface area contributed by atoms with Crippen molar-refractivity contribution in [3.8, 4) is 22.3 Å². The lowest BCUT2D eigenvalue weighted by Gasteiger charge is -2.09. The topological polar surface area (TPSA) is 26.3 Å². The van der Waals surface area contributed by atoms with Crippen molar-refractivity contribution in [3.05, 3.63) is 108 Å². The van der Waals surface area contributed by atoms with Crippen LogP contribution in [0.5, 0.6) is 0 Å². The second-order valence-electron chi connectivity index (χ2n) is 8.28. The first-order valence-electron chi connectivity index (χ1n) is 10.9. The molecule has 0 aliphatic heterocycles. The van der Waals surface area contributed by atoms with Gasteiger partial charge in [-0.3, -0.25) is 0 Å². The molecule has 0 aliphatic carbocycles. The molecule has 2 heterocycles. The Morgan fingerprint density at radius 3 is 1.94 bits per heavy atom. The van der Waals surface area contributed by atoms with Gasteiger partial charge in [0, 0.05) is 32.1 Å². The van der Waals surface area contributed by atoms with Gasteiger partial charge in [-0.2, -0.15) is 0 Å². The summed E-state index contributed by atoms with van der Waals surface area (Å²) in [5, 5.41) is 5.17. The van der Waals surface area contributed by atoms with Gasteiger partial charge in [-0.15, -0.1) is 0 Å². The van der Waals surface area contributed by atoms with Gasteiger partial charge >= 0.3 is 0 Å². The van der Waals surface area contributed by atoms with Gasteiger partial charge in [0.05, 0.1) is 0 Å². The number of benzene rings is 5. The number of furan rings is 2. The van der Waals surface area contributed by atoms with Gasteiger partial charge in [0.15, 0.2) is 0 Å². The van der Waals surface area contributed by atoms with Gasteiger partial charge in [-0.05, 0) is 59.2 Å². The van der Waals surface area contributed by atoms with E-state index in [4.69, 9.17) is 20.4 Å². The fraction of sp³-hybridized carbons (Fsp3) is 0. The Labute approximate surface area is 194 Å². The molecule has 0 N–H and O–H groups in total. The first-order valence-corrected chi connectivity index (χ1v) is 11.3. The highest BCUT2D eigenvalue weighted by Crippen LogP contribution is 2.42. The van der Waals surface area contributed by atoms with E-state index in [0.29, 0.717) is 0 Å². The van der Waals surface area contributed by atoms with E-state index in [0.717, 1.165) is 71.2 Å². The molecule has 2 nitrogen and oxygen atoms in total. The van der Waals surface area contributed by atoms with Gasteiger partial charge in [0.1, 0.15) is 22.3 Å². The van der Waals surface area contributed by atoms with E-state index >= 15 is 0 Å². The molecule has 2 aromatic heterocycles. The van der Waals surface area contributed by atoms with E-state index in [1.807, 2.05) is 48.5 Å². The number of hydrogen-bond donors (Lipinski definition) is 0. The van der Waals surface area contributed by atoms with E-state index in [9.17, 15) is 0 Å². The zero-order chi connectivity index (χ0) is 21.9. The molecule has 0 bridgehead atoms. The Morgan fingerprint density at radius 1 is 0.485 bits per heavy atom. The van der Waals surface area contributed by atoms with Gasteiger partial charge in [-0.25, -0.2) is 0 Å². The van der Waals surface area contributed by atoms with Crippen LogP contribution in [0.3, 0.4) is 0 Å². The molecule has 0 radical (unpaired) electrons. The molecule has 0 unspecified atom stereocenters. The summed E-state index contributed by atoms with van der Waals surface area (Å²) in [5.41, 5.74) is 7.95. The summed E-state index contributed by atoms with van der Waals surface area (Å²) in [5.74, 6) is 0. The summed E-state index contributed by atoms with van der Waals surface area (Å²) in [6, 6.07) is 35.0. The van der Waals surface area contributed by atoms with Crippen molar-refractivity contribution in [3.63, 3.8) is 0 Å². The normalized spacial score (nSPS) is 11.8. The molecule has 7 aromatic rings. The van der Waals surface area contributed by atoms with Crippen LogP contribution >= 0.6 is 11.6 Å². The predicted molar refractivity (Wildman–Crippen MR) is 137 cm³/mol. The highest BCUT2D eigenvalue weighted by Gasteiger charge is 2.18. The Balaban J connectivity index is 1.54. The molecule has 33 heavy (non-hydrogen) atoms. The van der Waals surface area contributed by atoms with Crippen molar-refractivity contribution < 1.29 is 8.83 Å². The van der Waals surface area contributed by atoms with Crippen molar-refractivity contribution in [2.45, 2.75) is 0 Å². The van der Waals surface area contributed by atoms with Crippen LogP contribution in [0.1, 0.15) is 0 Å². The standard InChI is InChI=1S/C30H17ClO2/c31-20-12-9-18(10-13-20)21-14-15-22(30-29(21)24-6-2-4-8-27(24)33-30)19-11-16-28-25(17-19)23-5-1-3-7-26(23)32-28/h1-17H. The van der Waals surface area contributed by atoms with Crippen LogP contribution in [-0.4, -0.2) is 0 Å². The summed E-state index contributed by atoms with van der Waals surface area (Å²) < 4.78 is 12.5. The largest absolute Gasteiger partial charge is 0.456 e. The Bertz CT molecular complexity index is 1820. The molecule has 0 atom stereocenters. The highest BCUT2D eigenvalue weighted by atomic mass is 35.5. The first kappa shape index (κ1) is 18.6. The van der Waals surface area contributed by atoms with Crippen molar-refractivity contribution in [2.75, 3.05) is 0 Å². The molecule has 0 fully saturated rings. The number of hydrogen-bond acceptors (Lipinski definition) is 2. The van der Waals surface area contributed by atoms with Crippen molar-refractivity contribution in [2.24, 2.45) is 0 Å². The van der Waals surface area contributed by atoms with E-state index in [2.05, 4.69) is 54.6 Å². The molecular formula is C30H17ClO2. The van der Waals surface area contributed by atoms with E-state index in [1.54, 1.807) is 0 Å². The van der Waals surface area contributed by atoms with Crippen LogP contribution in [0.25, 0.3) is 66.1 Å². The van der Waals surface area contributed by atoms with Crippen LogP contribution in [0.4, 0.5) is 0 Å². The summed E-state index contributed by atoms with van der Waals surface area (Å²) in [7, 11) is 0. The smallest absolute Gasteiger partial charge is 0.143 e. The molecule has 0 aliphatic rings. The fourth-order valence-corrected chi connectivity index (χ4v) is 4.95. The average Bonchev–Trinajstić information content (AvgIpc) is 3.42. The summed E-state index contributed by atoms with van der Waals surface area (Å²) >= 11 is 6.15. The molecular weight excluding hydrogens is 428 g/mol. The van der Waals surface area contributed by atoms with Crippen LogP contribution in [0.2, 0.25) is 5.02 Å². The van der Waals surface area contributed by atoms with Crippen LogP contribution in [0.15, 0.2) is 112 Å². The minimum absolute atomic E-state index is 0.726. The molecule has 0 saturated carbocycles. The third-order valence-electron chi connectivity index (χ3n) is 6.37. The Kier molecular flexibility index (Phi) is 3.93. The average molecular weight is 445 g/mol. The van der Waals surface area contributed by atoms with Gasteiger partial charge in [0.25, 0.3) is 0 Å². The Morgan fingerprint density at radius 2 is 1.12 bits per heavy atom. The fourth-order valence-electron chi connectivity index (χ4n) is 4.82. The number of para-hydroxylation sites is 2. The summed E-state index contributed by atoms with van der Waals surface area (Å²) in [6.07, 6.45) is 0. The van der Waals surface area contributed by atoms with Gasteiger partial charge in [0.2, 0.25) is 0 Å². The third kappa shape index (κ3) is 2.81. The zero-order valence-corrected chi connectivity index (χ0v) is 18.3. The molecule has 7 rings (SSSR count). The second kappa shape index (κ2) is 6.99. The third-order valence-corrected chi connectivity index (χ3v) is 6.62. The molecule has 0 saturated heterocycles. The maximum atomic E-state index is 6.46. The molecule has 3 heteroatoms. The lowest BCUT2D eigenvalue weighted by molar-refractivity contribution is 0.668. The predicted octanol–water partition coefficient (Wildman–Crippen LogP) is 9.47. The molecule has 5 aromatic carbocycles. The van der Waals surface area contributed by atoms with Gasteiger partial charge < -0.3 is 8.83 Å². The van der Waals surface area contributed by atoms with Crippen molar-refractivity contribution >= 4 is 55.5 Å². The monoisotopic (exact) mass is 444 g/mol. The lowest BCUT2D eigenvalue weighted by Crippen LogP contribution is -1.84. The molecule has 0 amide bonds. The lowest BCUT2D eigenvalue weighted by atomic mass is 9.94. The Hall–Kier alpha value is -4.01. The van der Waals surface area contributed by atoms with Crippen LogP contribution < -0.4 is 0 Å².